The van der Waals surface area contributed by atoms with Gasteiger partial charge in [0.1, 0.15) is 11.3 Å². The molecule has 1 aromatic carbocycles. The number of imide groups is 1. The monoisotopic (exact) mass is 334 g/mol. The summed E-state index contributed by atoms with van der Waals surface area (Å²) >= 11 is 0. The van der Waals surface area contributed by atoms with Crippen molar-refractivity contribution < 1.29 is 24.3 Å². The Morgan fingerprint density at radius 3 is 2.75 bits per heavy atom. The molecule has 2 aliphatic rings. The molecule has 2 saturated heterocycles. The lowest BCUT2D eigenvalue weighted by Gasteiger charge is -2.29. The maximum absolute atomic E-state index is 12.9. The van der Waals surface area contributed by atoms with E-state index in [1.807, 2.05) is 6.07 Å². The summed E-state index contributed by atoms with van der Waals surface area (Å²) in [5.41, 5.74) is -0.382. The van der Waals surface area contributed by atoms with Crippen LogP contribution >= 0.6 is 0 Å². The van der Waals surface area contributed by atoms with E-state index < -0.39 is 5.54 Å². The maximum Gasteiger partial charge on any atom is 0.329 e. The predicted molar refractivity (Wildman–Crippen MR) is 86.5 cm³/mol. The first-order valence-corrected chi connectivity index (χ1v) is 8.24. The number of quaternary nitrogens is 1. The van der Waals surface area contributed by atoms with E-state index in [0.29, 0.717) is 30.8 Å². The van der Waals surface area contributed by atoms with Crippen LogP contribution in [0.1, 0.15) is 25.3 Å². The summed E-state index contributed by atoms with van der Waals surface area (Å²) in [6, 6.07) is 6.82. The van der Waals surface area contributed by atoms with Crippen molar-refractivity contribution in [3.05, 3.63) is 29.8 Å². The summed E-state index contributed by atoms with van der Waals surface area (Å²) in [4.78, 5) is 27.7. The van der Waals surface area contributed by atoms with E-state index >= 15 is 0 Å². The van der Waals surface area contributed by atoms with Crippen LogP contribution in [0.2, 0.25) is 0 Å². The Hall–Kier alpha value is -2.12. The molecule has 0 spiro atoms. The Kier molecular flexibility index (Phi) is 4.47. The van der Waals surface area contributed by atoms with Gasteiger partial charge in [-0.1, -0.05) is 12.1 Å². The van der Waals surface area contributed by atoms with Crippen LogP contribution in [0.5, 0.6) is 5.75 Å². The van der Waals surface area contributed by atoms with Gasteiger partial charge in [0.15, 0.2) is 6.67 Å². The molecule has 0 bridgehead atoms. The number of aliphatic hydroxyl groups is 1. The lowest BCUT2D eigenvalue weighted by atomic mass is 9.92. The minimum atomic E-state index is -1.08. The zero-order valence-corrected chi connectivity index (χ0v) is 14.0. The predicted octanol–water partition coefficient (Wildman–Crippen LogP) is -0.541. The van der Waals surface area contributed by atoms with E-state index in [0.717, 1.165) is 18.0 Å². The normalized spacial score (nSPS) is 30.4. The number of nitrogens with zero attached hydrogens (tertiary/aromatic N) is 1. The average Bonchev–Trinajstić information content (AvgIpc) is 2.81. The second-order valence-corrected chi connectivity index (χ2v) is 6.66. The number of carbonyl (C=O) groups excluding carboxylic acids is 2. The Morgan fingerprint density at radius 1 is 1.38 bits per heavy atom. The van der Waals surface area contributed by atoms with Crippen LogP contribution in [0.3, 0.4) is 0 Å². The number of urea groups is 1. The van der Waals surface area contributed by atoms with Crippen molar-refractivity contribution in [2.45, 2.75) is 31.4 Å². The number of carbonyl (C=O) groups is 2. The van der Waals surface area contributed by atoms with Gasteiger partial charge in [0, 0.05) is 12.8 Å². The summed E-state index contributed by atoms with van der Waals surface area (Å²) in [5.74, 6) is 0.393. The number of amides is 3. The standard InChI is InChI=1S/C17H23N3O4/c1-17(12-4-3-5-14(10-12)24-2)15(22)20(16(23)18-17)11-19-8-6-13(21)7-9-19/h3-5,10,13,21H,6-9,11H2,1-2H3,(H,18,23)/p+1/t17-/m0/s1. The lowest BCUT2D eigenvalue weighted by molar-refractivity contribution is -0.913. The molecule has 0 unspecified atom stereocenters. The number of ether oxygens (including phenoxy) is 1. The second kappa shape index (κ2) is 6.41. The molecule has 2 heterocycles. The second-order valence-electron chi connectivity index (χ2n) is 6.66. The van der Waals surface area contributed by atoms with E-state index in [9.17, 15) is 14.7 Å². The van der Waals surface area contributed by atoms with Crippen LogP contribution in [-0.4, -0.2) is 54.9 Å². The first kappa shape index (κ1) is 16.7. The molecule has 0 aliphatic carbocycles. The van der Waals surface area contributed by atoms with E-state index in [1.54, 1.807) is 32.2 Å². The molecule has 3 rings (SSSR count). The third kappa shape index (κ3) is 2.97. The molecular formula is C17H24N3O4+. The number of hydrogen-bond acceptors (Lipinski definition) is 4. The zero-order valence-electron chi connectivity index (χ0n) is 14.0. The van der Waals surface area contributed by atoms with Crippen LogP contribution in [0, 0.1) is 0 Å². The molecule has 130 valence electrons. The molecule has 24 heavy (non-hydrogen) atoms. The molecule has 2 aliphatic heterocycles. The van der Waals surface area contributed by atoms with Crippen LogP contribution in [-0.2, 0) is 10.3 Å². The summed E-state index contributed by atoms with van der Waals surface area (Å²) < 4.78 is 5.21. The van der Waals surface area contributed by atoms with Crippen LogP contribution in [0.25, 0.3) is 0 Å². The Labute approximate surface area is 141 Å². The number of piperidine rings is 1. The highest BCUT2D eigenvalue weighted by molar-refractivity contribution is 6.07. The van der Waals surface area contributed by atoms with Crippen molar-refractivity contribution in [1.82, 2.24) is 10.2 Å². The van der Waals surface area contributed by atoms with Gasteiger partial charge in [-0.2, -0.15) is 0 Å². The molecule has 7 heteroatoms. The molecular weight excluding hydrogens is 310 g/mol. The molecule has 7 nitrogen and oxygen atoms in total. The molecule has 1 aromatic rings. The maximum atomic E-state index is 12.9. The van der Waals surface area contributed by atoms with Gasteiger partial charge in [0.05, 0.1) is 26.3 Å². The Balaban J connectivity index is 1.77. The van der Waals surface area contributed by atoms with Crippen molar-refractivity contribution in [2.75, 3.05) is 26.9 Å². The number of methoxy groups -OCH3 is 1. The fraction of sp³-hybridized carbons (Fsp3) is 0.529. The Morgan fingerprint density at radius 2 is 2.08 bits per heavy atom. The highest BCUT2D eigenvalue weighted by Gasteiger charge is 2.50. The lowest BCUT2D eigenvalue weighted by Crippen LogP contribution is -3.14. The van der Waals surface area contributed by atoms with Gasteiger partial charge in [-0.3, -0.25) is 4.79 Å². The van der Waals surface area contributed by atoms with Gasteiger partial charge >= 0.3 is 6.03 Å². The topological polar surface area (TPSA) is 83.3 Å². The number of rotatable bonds is 4. The van der Waals surface area contributed by atoms with E-state index in [-0.39, 0.29) is 18.0 Å². The first-order valence-electron chi connectivity index (χ1n) is 8.24. The van der Waals surface area contributed by atoms with Crippen LogP contribution < -0.4 is 15.0 Å². The highest BCUT2D eigenvalue weighted by atomic mass is 16.5. The van der Waals surface area contributed by atoms with Crippen molar-refractivity contribution in [3.8, 4) is 5.75 Å². The van der Waals surface area contributed by atoms with E-state index in [2.05, 4.69) is 5.32 Å². The smallest absolute Gasteiger partial charge is 0.329 e. The van der Waals surface area contributed by atoms with Gasteiger partial charge < -0.3 is 20.1 Å². The molecule has 0 radical (unpaired) electrons. The summed E-state index contributed by atoms with van der Waals surface area (Å²) in [7, 11) is 1.57. The third-order valence-electron chi connectivity index (χ3n) is 4.97. The molecule has 3 amide bonds. The molecule has 0 aromatic heterocycles. The minimum Gasteiger partial charge on any atom is -0.497 e. The molecule has 3 N–H and O–H groups in total. The number of benzene rings is 1. The number of nitrogens with one attached hydrogen (secondary N) is 2. The number of likely N-dealkylation sites (tertiary alicyclic amines) is 1. The van der Waals surface area contributed by atoms with Gasteiger partial charge in [-0.05, 0) is 24.6 Å². The molecule has 0 saturated carbocycles. The fourth-order valence-electron chi connectivity index (χ4n) is 3.36. The van der Waals surface area contributed by atoms with Crippen LogP contribution in [0.15, 0.2) is 24.3 Å². The number of hydrogen-bond donors (Lipinski definition) is 3. The molecule has 1 atom stereocenters. The van der Waals surface area contributed by atoms with Crippen LogP contribution in [0.4, 0.5) is 4.79 Å². The highest BCUT2D eigenvalue weighted by Crippen LogP contribution is 2.30. The third-order valence-corrected chi connectivity index (χ3v) is 4.97. The van der Waals surface area contributed by atoms with Gasteiger partial charge in [0.2, 0.25) is 0 Å². The summed E-state index contributed by atoms with van der Waals surface area (Å²) in [5, 5.41) is 12.4. The van der Waals surface area contributed by atoms with E-state index in [1.165, 1.54) is 4.90 Å². The van der Waals surface area contributed by atoms with E-state index in [4.69, 9.17) is 4.74 Å². The first-order chi connectivity index (χ1) is 11.4. The molecule has 2 fully saturated rings. The summed E-state index contributed by atoms with van der Waals surface area (Å²) in [6.07, 6.45) is 1.14. The fourth-order valence-corrected chi connectivity index (χ4v) is 3.36. The van der Waals surface area contributed by atoms with Crippen molar-refractivity contribution in [3.63, 3.8) is 0 Å². The van der Waals surface area contributed by atoms with Crippen molar-refractivity contribution in [1.29, 1.82) is 0 Å². The summed E-state index contributed by atoms with van der Waals surface area (Å²) in [6.45, 7) is 3.57. The zero-order chi connectivity index (χ0) is 17.3. The van der Waals surface area contributed by atoms with Gasteiger partial charge in [-0.15, -0.1) is 0 Å². The van der Waals surface area contributed by atoms with Gasteiger partial charge in [0.25, 0.3) is 5.91 Å². The largest absolute Gasteiger partial charge is 0.497 e. The minimum absolute atomic E-state index is 0.251. The average molecular weight is 334 g/mol. The van der Waals surface area contributed by atoms with Crippen molar-refractivity contribution >= 4 is 11.9 Å². The number of aliphatic hydroxyl groups excluding tert-OH is 1. The quantitative estimate of drug-likeness (QED) is 0.646. The van der Waals surface area contributed by atoms with Crippen molar-refractivity contribution in [2.24, 2.45) is 0 Å². The SMILES string of the molecule is COc1cccc([C@]2(C)NC(=O)N(C[NH+]3CCC(O)CC3)C2=O)c1. The van der Waals surface area contributed by atoms with Gasteiger partial charge in [-0.25, -0.2) is 9.69 Å². The Bertz CT molecular complexity index is 642.